The van der Waals surface area contributed by atoms with Gasteiger partial charge >= 0.3 is 0 Å². The van der Waals surface area contributed by atoms with E-state index in [2.05, 4.69) is 66.8 Å². The van der Waals surface area contributed by atoms with Crippen molar-refractivity contribution in [1.82, 2.24) is 10.3 Å². The molecule has 3 aliphatic rings. The Hall–Kier alpha value is -3.18. The van der Waals surface area contributed by atoms with Gasteiger partial charge in [-0.25, -0.2) is 0 Å². The van der Waals surface area contributed by atoms with Gasteiger partial charge in [-0.2, -0.15) is 0 Å². The van der Waals surface area contributed by atoms with Gasteiger partial charge in [-0.1, -0.05) is 42.5 Å². The first-order valence-corrected chi connectivity index (χ1v) is 15.6. The number of amides is 1. The fraction of sp³-hybridized carbons (Fsp3) is 0.500. The Morgan fingerprint density at radius 3 is 2.34 bits per heavy atom. The van der Waals surface area contributed by atoms with Gasteiger partial charge in [0.2, 0.25) is 5.91 Å². The lowest BCUT2D eigenvalue weighted by atomic mass is 9.67. The maximum absolute atomic E-state index is 14.0. The third-order valence-corrected chi connectivity index (χ3v) is 10.1. The number of aliphatic hydroxyl groups is 1. The van der Waals surface area contributed by atoms with Crippen molar-refractivity contribution in [2.75, 3.05) is 13.7 Å². The molecule has 0 spiro atoms. The molecule has 3 saturated carbocycles. The number of carbonyl (C=O) groups excluding carboxylic acids is 1. The van der Waals surface area contributed by atoms with Crippen LogP contribution in [0.1, 0.15) is 98.4 Å². The van der Waals surface area contributed by atoms with Crippen LogP contribution in [-0.2, 0) is 10.2 Å². The Bertz CT molecular complexity index is 1350. The Labute approximate surface area is 244 Å². The molecule has 2 N–H and O–H groups in total. The first-order chi connectivity index (χ1) is 19.9. The molecule has 41 heavy (non-hydrogen) atoms. The Balaban J connectivity index is 1.12. The van der Waals surface area contributed by atoms with E-state index < -0.39 is 5.41 Å². The molecule has 3 aromatic rings. The highest BCUT2D eigenvalue weighted by atomic mass is 16.5. The third kappa shape index (κ3) is 6.06. The van der Waals surface area contributed by atoms with Gasteiger partial charge in [0.1, 0.15) is 5.75 Å². The molecule has 0 aliphatic heterocycles. The van der Waals surface area contributed by atoms with Gasteiger partial charge in [0.15, 0.2) is 0 Å². The van der Waals surface area contributed by atoms with Crippen molar-refractivity contribution in [3.63, 3.8) is 0 Å². The minimum atomic E-state index is -0.603. The van der Waals surface area contributed by atoms with Gasteiger partial charge in [-0.15, -0.1) is 0 Å². The topological polar surface area (TPSA) is 71.5 Å². The average Bonchev–Trinajstić information content (AvgIpc) is 3.87. The Kier molecular flexibility index (Phi) is 8.16. The first kappa shape index (κ1) is 28.0. The van der Waals surface area contributed by atoms with Crippen molar-refractivity contribution >= 4 is 5.91 Å². The summed E-state index contributed by atoms with van der Waals surface area (Å²) in [4.78, 5) is 18.7. The van der Waals surface area contributed by atoms with Gasteiger partial charge in [0.25, 0.3) is 0 Å². The Morgan fingerprint density at radius 2 is 1.68 bits per heavy atom. The average molecular weight is 553 g/mol. The number of nitrogens with one attached hydrogen (secondary N) is 1. The highest BCUT2D eigenvalue weighted by molar-refractivity contribution is 5.89. The normalized spacial score (nSPS) is 26.4. The zero-order valence-corrected chi connectivity index (χ0v) is 24.6. The minimum absolute atomic E-state index is 0.122. The number of ether oxygens (including phenoxy) is 1. The van der Waals surface area contributed by atoms with Crippen molar-refractivity contribution in [1.29, 1.82) is 0 Å². The van der Waals surface area contributed by atoms with Crippen molar-refractivity contribution < 1.29 is 14.6 Å². The largest absolute Gasteiger partial charge is 0.496 e. The van der Waals surface area contributed by atoms with E-state index in [0.717, 1.165) is 54.7 Å². The third-order valence-electron chi connectivity index (χ3n) is 10.1. The quantitative estimate of drug-likeness (QED) is 0.310. The van der Waals surface area contributed by atoms with Crippen molar-refractivity contribution in [3.05, 3.63) is 83.2 Å². The molecule has 1 amide bonds. The summed E-state index contributed by atoms with van der Waals surface area (Å²) in [6.45, 7) is 2.84. The van der Waals surface area contributed by atoms with Gasteiger partial charge in [0.05, 0.1) is 18.6 Å². The number of hydrogen-bond acceptors (Lipinski definition) is 4. The second-order valence-electron chi connectivity index (χ2n) is 12.8. The van der Waals surface area contributed by atoms with E-state index in [4.69, 9.17) is 9.72 Å². The summed E-state index contributed by atoms with van der Waals surface area (Å²) in [5.74, 6) is 2.79. The number of carbonyl (C=O) groups is 1. The van der Waals surface area contributed by atoms with Gasteiger partial charge in [-0.05, 0) is 117 Å². The summed E-state index contributed by atoms with van der Waals surface area (Å²) >= 11 is 0. The van der Waals surface area contributed by atoms with Crippen LogP contribution in [0.5, 0.6) is 5.75 Å². The zero-order valence-electron chi connectivity index (χ0n) is 24.6. The fourth-order valence-electron chi connectivity index (χ4n) is 7.20. The van der Waals surface area contributed by atoms with Crippen LogP contribution < -0.4 is 10.1 Å². The van der Waals surface area contributed by atoms with Crippen LogP contribution in [0.15, 0.2) is 60.8 Å². The number of hydrogen-bond donors (Lipinski definition) is 2. The number of aryl methyl sites for hydroxylation is 1. The number of aliphatic hydroxyl groups excluding tert-OH is 1. The molecule has 3 fully saturated rings. The van der Waals surface area contributed by atoms with Crippen molar-refractivity contribution in [3.8, 4) is 16.9 Å². The molecule has 1 heterocycles. The maximum Gasteiger partial charge on any atom is 0.230 e. The number of aromatic nitrogens is 1. The van der Waals surface area contributed by atoms with E-state index in [1.54, 1.807) is 7.11 Å². The van der Waals surface area contributed by atoms with E-state index in [1.807, 2.05) is 6.20 Å². The molecule has 1 aromatic heterocycles. The molecule has 0 bridgehead atoms. The smallest absolute Gasteiger partial charge is 0.230 e. The van der Waals surface area contributed by atoms with Crippen LogP contribution in [-0.4, -0.2) is 35.8 Å². The SMILES string of the molecule is COc1ccc([C@H]2CC[C@H](CNC(=O)C3(c4cccc(-c5ccc(C6CC6)nc5)c4)CCC(O)CC3)CC2)cc1C. The van der Waals surface area contributed by atoms with Crippen LogP contribution in [0.4, 0.5) is 0 Å². The maximum atomic E-state index is 14.0. The highest BCUT2D eigenvalue weighted by Gasteiger charge is 2.43. The van der Waals surface area contributed by atoms with Crippen LogP contribution in [0.2, 0.25) is 0 Å². The number of methoxy groups -OCH3 is 1. The fourth-order valence-corrected chi connectivity index (χ4v) is 7.20. The lowest BCUT2D eigenvalue weighted by molar-refractivity contribution is -0.129. The lowest BCUT2D eigenvalue weighted by Gasteiger charge is -2.39. The molecule has 216 valence electrons. The monoisotopic (exact) mass is 552 g/mol. The molecule has 6 rings (SSSR count). The first-order valence-electron chi connectivity index (χ1n) is 15.6. The van der Waals surface area contributed by atoms with Gasteiger partial charge in [-0.3, -0.25) is 9.78 Å². The van der Waals surface area contributed by atoms with E-state index in [0.29, 0.717) is 43.4 Å². The summed E-state index contributed by atoms with van der Waals surface area (Å²) in [6.07, 6.45) is 11.4. The summed E-state index contributed by atoms with van der Waals surface area (Å²) in [7, 11) is 1.72. The summed E-state index contributed by atoms with van der Waals surface area (Å²) in [6, 6.07) is 19.4. The summed E-state index contributed by atoms with van der Waals surface area (Å²) in [5.41, 5.74) is 6.43. The molecule has 5 nitrogen and oxygen atoms in total. The van der Waals surface area contributed by atoms with Crippen molar-refractivity contribution in [2.45, 2.75) is 94.5 Å². The van der Waals surface area contributed by atoms with Crippen LogP contribution in [0.3, 0.4) is 0 Å². The molecule has 0 unspecified atom stereocenters. The van der Waals surface area contributed by atoms with E-state index in [1.165, 1.54) is 29.7 Å². The second-order valence-corrected chi connectivity index (χ2v) is 12.8. The number of pyridine rings is 1. The number of benzene rings is 2. The molecule has 0 atom stereocenters. The standard InChI is InChI=1S/C36H44N2O3/c1-24-20-29(13-15-34(24)41-2)26-8-6-25(7-9-26)22-38-35(40)36(18-16-32(39)17-19-36)31-5-3-4-28(21-31)30-12-14-33(37-23-30)27-10-11-27/h3-5,12-15,20-21,23,25-27,32,39H,6-11,16-19,22H2,1-2H3,(H,38,40)/t25-,26-,32?,36?. The molecule has 5 heteroatoms. The zero-order chi connectivity index (χ0) is 28.4. The molecular formula is C36H44N2O3. The molecule has 2 aromatic carbocycles. The number of rotatable bonds is 8. The molecule has 3 aliphatic carbocycles. The highest BCUT2D eigenvalue weighted by Crippen LogP contribution is 2.43. The second kappa shape index (κ2) is 12.0. The summed E-state index contributed by atoms with van der Waals surface area (Å²) < 4.78 is 5.44. The minimum Gasteiger partial charge on any atom is -0.496 e. The predicted octanol–water partition coefficient (Wildman–Crippen LogP) is 7.21. The molecule has 0 radical (unpaired) electrons. The van der Waals surface area contributed by atoms with E-state index >= 15 is 0 Å². The van der Waals surface area contributed by atoms with Crippen LogP contribution >= 0.6 is 0 Å². The molecule has 0 saturated heterocycles. The van der Waals surface area contributed by atoms with Crippen molar-refractivity contribution in [2.24, 2.45) is 5.92 Å². The van der Waals surface area contributed by atoms with Gasteiger partial charge < -0.3 is 15.2 Å². The number of nitrogens with zero attached hydrogens (tertiary/aromatic N) is 1. The summed E-state index contributed by atoms with van der Waals surface area (Å²) in [5, 5.41) is 13.7. The van der Waals surface area contributed by atoms with Gasteiger partial charge in [0, 0.05) is 29.9 Å². The van der Waals surface area contributed by atoms with Crippen LogP contribution in [0.25, 0.3) is 11.1 Å². The van der Waals surface area contributed by atoms with Crippen LogP contribution in [0, 0.1) is 12.8 Å². The van der Waals surface area contributed by atoms with E-state index in [-0.39, 0.29) is 12.0 Å². The molecular weight excluding hydrogens is 508 g/mol. The predicted molar refractivity (Wildman–Crippen MR) is 163 cm³/mol. The lowest BCUT2D eigenvalue weighted by Crippen LogP contribution is -2.48. The Morgan fingerprint density at radius 1 is 0.927 bits per heavy atom. The van der Waals surface area contributed by atoms with E-state index in [9.17, 15) is 9.90 Å².